The lowest BCUT2D eigenvalue weighted by molar-refractivity contribution is -0.115. The highest BCUT2D eigenvalue weighted by molar-refractivity contribution is 7.17. The van der Waals surface area contributed by atoms with Crippen molar-refractivity contribution in [2.45, 2.75) is 39.5 Å². The van der Waals surface area contributed by atoms with Gasteiger partial charge in [-0.1, -0.05) is 37.3 Å². The van der Waals surface area contributed by atoms with E-state index in [1.807, 2.05) is 61.5 Å². The maximum Gasteiger partial charge on any atom is 0.258 e. The van der Waals surface area contributed by atoms with Gasteiger partial charge < -0.3 is 15.4 Å². The van der Waals surface area contributed by atoms with E-state index in [0.29, 0.717) is 28.8 Å². The third kappa shape index (κ3) is 5.19. The monoisotopic (exact) mass is 448 g/mol. The van der Waals surface area contributed by atoms with Crippen LogP contribution in [0.1, 0.15) is 46.6 Å². The van der Waals surface area contributed by atoms with Crippen LogP contribution in [-0.4, -0.2) is 18.4 Å². The van der Waals surface area contributed by atoms with E-state index in [9.17, 15) is 9.59 Å². The zero-order valence-electron chi connectivity index (χ0n) is 18.4. The van der Waals surface area contributed by atoms with Gasteiger partial charge in [-0.05, 0) is 67.5 Å². The molecule has 1 aliphatic rings. The maximum absolute atomic E-state index is 13.3. The van der Waals surface area contributed by atoms with E-state index in [1.54, 1.807) is 0 Å². The minimum absolute atomic E-state index is 0.113. The molecule has 0 radical (unpaired) electrons. The van der Waals surface area contributed by atoms with Gasteiger partial charge >= 0.3 is 0 Å². The molecular formula is C26H28N2O3S. The second kappa shape index (κ2) is 10.0. The summed E-state index contributed by atoms with van der Waals surface area (Å²) >= 11 is 1.54. The van der Waals surface area contributed by atoms with Crippen LogP contribution in [0.5, 0.6) is 5.75 Å². The van der Waals surface area contributed by atoms with E-state index < -0.39 is 0 Å². The van der Waals surface area contributed by atoms with Gasteiger partial charge in [-0.25, -0.2) is 0 Å². The van der Waals surface area contributed by atoms with E-state index in [1.165, 1.54) is 16.2 Å². The fraction of sp³-hybridized carbons (Fsp3) is 0.308. The van der Waals surface area contributed by atoms with Crippen molar-refractivity contribution in [2.24, 2.45) is 5.92 Å². The molecule has 0 saturated carbocycles. The lowest BCUT2D eigenvalue weighted by atomic mass is 9.88. The molecule has 1 heterocycles. The smallest absolute Gasteiger partial charge is 0.258 e. The van der Waals surface area contributed by atoms with Gasteiger partial charge in [0.25, 0.3) is 5.91 Å². The van der Waals surface area contributed by atoms with E-state index in [2.05, 4.69) is 17.6 Å². The molecule has 0 spiro atoms. The standard InChI is InChI=1S/C26H28N2O3S/c1-3-31-20-12-10-19(11-13-20)27-25(30)24-21-14-9-17(2)15-22(21)32-26(24)28-23(29)16-18-7-5-4-6-8-18/h4-8,10-13,17H,3,9,14-16H2,1-2H3,(H,27,30)(H,28,29)/t17-/m1/s1. The first kappa shape index (κ1) is 22.1. The van der Waals surface area contributed by atoms with Crippen LogP contribution >= 0.6 is 11.3 Å². The molecule has 0 saturated heterocycles. The lowest BCUT2D eigenvalue weighted by Gasteiger charge is -2.18. The molecule has 4 rings (SSSR count). The third-order valence-corrected chi connectivity index (χ3v) is 6.79. The number of carbonyl (C=O) groups excluding carboxylic acids is 2. The number of nitrogens with one attached hydrogen (secondary N) is 2. The first-order chi connectivity index (χ1) is 15.5. The Morgan fingerprint density at radius 1 is 1.06 bits per heavy atom. The Balaban J connectivity index is 1.56. The number of amides is 2. The summed E-state index contributed by atoms with van der Waals surface area (Å²) in [5.41, 5.74) is 3.32. The van der Waals surface area contributed by atoms with Crippen LogP contribution in [0.2, 0.25) is 0 Å². The molecule has 3 aromatic rings. The minimum Gasteiger partial charge on any atom is -0.494 e. The second-order valence-electron chi connectivity index (χ2n) is 8.18. The van der Waals surface area contributed by atoms with Crippen molar-refractivity contribution in [3.05, 3.63) is 76.2 Å². The van der Waals surface area contributed by atoms with Crippen molar-refractivity contribution in [1.82, 2.24) is 0 Å². The highest BCUT2D eigenvalue weighted by atomic mass is 32.1. The Bertz CT molecular complexity index is 1090. The number of anilines is 2. The van der Waals surface area contributed by atoms with Gasteiger partial charge in [-0.2, -0.15) is 0 Å². The summed E-state index contributed by atoms with van der Waals surface area (Å²) in [6.07, 6.45) is 3.12. The van der Waals surface area contributed by atoms with Crippen molar-refractivity contribution in [3.8, 4) is 5.75 Å². The van der Waals surface area contributed by atoms with Crippen LogP contribution < -0.4 is 15.4 Å². The first-order valence-corrected chi connectivity index (χ1v) is 11.9. The summed E-state index contributed by atoms with van der Waals surface area (Å²) in [4.78, 5) is 27.3. The number of ether oxygens (including phenoxy) is 1. The van der Waals surface area contributed by atoms with Gasteiger partial charge in [0.2, 0.25) is 5.91 Å². The van der Waals surface area contributed by atoms with Crippen LogP contribution in [0.15, 0.2) is 54.6 Å². The summed E-state index contributed by atoms with van der Waals surface area (Å²) in [6, 6.07) is 17.0. The van der Waals surface area contributed by atoms with Crippen LogP contribution in [-0.2, 0) is 24.1 Å². The molecule has 1 aromatic heterocycles. The van der Waals surface area contributed by atoms with Crippen molar-refractivity contribution in [1.29, 1.82) is 0 Å². The molecule has 2 amide bonds. The molecule has 0 fully saturated rings. The fourth-order valence-corrected chi connectivity index (χ4v) is 5.45. The Morgan fingerprint density at radius 2 is 1.81 bits per heavy atom. The van der Waals surface area contributed by atoms with Crippen molar-refractivity contribution in [3.63, 3.8) is 0 Å². The quantitative estimate of drug-likeness (QED) is 0.487. The van der Waals surface area contributed by atoms with E-state index in [4.69, 9.17) is 4.74 Å². The molecule has 2 aromatic carbocycles. The van der Waals surface area contributed by atoms with Gasteiger partial charge in [0.15, 0.2) is 0 Å². The molecule has 1 atom stereocenters. The maximum atomic E-state index is 13.3. The number of benzene rings is 2. The number of thiophene rings is 1. The Labute approximate surface area is 192 Å². The normalized spacial score (nSPS) is 15.0. The molecule has 1 aliphatic carbocycles. The molecule has 0 bridgehead atoms. The molecule has 5 nitrogen and oxygen atoms in total. The van der Waals surface area contributed by atoms with Gasteiger partial charge in [-0.15, -0.1) is 11.3 Å². The van der Waals surface area contributed by atoms with Crippen molar-refractivity contribution >= 4 is 33.8 Å². The van der Waals surface area contributed by atoms with Gasteiger partial charge in [0, 0.05) is 10.6 Å². The number of fused-ring (bicyclic) bond motifs is 1. The highest BCUT2D eigenvalue weighted by Crippen LogP contribution is 2.40. The number of rotatable bonds is 7. The van der Waals surface area contributed by atoms with Gasteiger partial charge in [0.1, 0.15) is 10.8 Å². The Morgan fingerprint density at radius 3 is 2.53 bits per heavy atom. The molecule has 0 aliphatic heterocycles. The van der Waals surface area contributed by atoms with E-state index in [0.717, 1.165) is 36.1 Å². The molecule has 0 unspecified atom stereocenters. The van der Waals surface area contributed by atoms with Gasteiger partial charge in [0.05, 0.1) is 18.6 Å². The summed E-state index contributed by atoms with van der Waals surface area (Å²) in [5, 5.41) is 6.67. The number of carbonyl (C=O) groups is 2. The number of hydrogen-bond acceptors (Lipinski definition) is 4. The Hall–Kier alpha value is -3.12. The summed E-state index contributed by atoms with van der Waals surface area (Å²) in [6.45, 7) is 4.76. The molecule has 166 valence electrons. The molecular weight excluding hydrogens is 420 g/mol. The molecule has 2 N–H and O–H groups in total. The fourth-order valence-electron chi connectivity index (χ4n) is 4.03. The summed E-state index contributed by atoms with van der Waals surface area (Å²) in [5.74, 6) is 1.05. The predicted octanol–water partition coefficient (Wildman–Crippen LogP) is 5.71. The zero-order chi connectivity index (χ0) is 22.5. The zero-order valence-corrected chi connectivity index (χ0v) is 19.3. The molecule has 32 heavy (non-hydrogen) atoms. The first-order valence-electron chi connectivity index (χ1n) is 11.1. The molecule has 6 heteroatoms. The largest absolute Gasteiger partial charge is 0.494 e. The van der Waals surface area contributed by atoms with E-state index >= 15 is 0 Å². The second-order valence-corrected chi connectivity index (χ2v) is 9.28. The predicted molar refractivity (Wildman–Crippen MR) is 130 cm³/mol. The summed E-state index contributed by atoms with van der Waals surface area (Å²) in [7, 11) is 0. The average Bonchev–Trinajstić information content (AvgIpc) is 3.12. The Kier molecular flexibility index (Phi) is 6.90. The lowest BCUT2D eigenvalue weighted by Crippen LogP contribution is -2.20. The van der Waals surface area contributed by atoms with Crippen molar-refractivity contribution in [2.75, 3.05) is 17.2 Å². The highest BCUT2D eigenvalue weighted by Gasteiger charge is 2.28. The SMILES string of the molecule is CCOc1ccc(NC(=O)c2c(NC(=O)Cc3ccccc3)sc3c2CC[C@@H](C)C3)cc1. The van der Waals surface area contributed by atoms with Crippen molar-refractivity contribution < 1.29 is 14.3 Å². The third-order valence-electron chi connectivity index (χ3n) is 5.62. The number of hydrogen-bond donors (Lipinski definition) is 2. The van der Waals surface area contributed by atoms with E-state index in [-0.39, 0.29) is 18.2 Å². The average molecular weight is 449 g/mol. The van der Waals surface area contributed by atoms with Crippen LogP contribution in [0.25, 0.3) is 0 Å². The van der Waals surface area contributed by atoms with Gasteiger partial charge in [-0.3, -0.25) is 9.59 Å². The topological polar surface area (TPSA) is 67.4 Å². The van der Waals surface area contributed by atoms with Crippen LogP contribution in [0.4, 0.5) is 10.7 Å². The summed E-state index contributed by atoms with van der Waals surface area (Å²) < 4.78 is 5.48. The van der Waals surface area contributed by atoms with Crippen LogP contribution in [0.3, 0.4) is 0 Å². The van der Waals surface area contributed by atoms with Crippen LogP contribution in [0, 0.1) is 5.92 Å². The minimum atomic E-state index is -0.184.